The molecule has 19 heavy (non-hydrogen) atoms. The molecule has 0 radical (unpaired) electrons. The summed E-state index contributed by atoms with van der Waals surface area (Å²) in [5.74, 6) is 0.209. The second-order valence-electron chi connectivity index (χ2n) is 4.00. The number of benzene rings is 1. The lowest BCUT2D eigenvalue weighted by molar-refractivity contribution is 0.474. The van der Waals surface area contributed by atoms with Crippen molar-refractivity contribution in [1.82, 2.24) is 14.9 Å². The Kier molecular flexibility index (Phi) is 4.12. The summed E-state index contributed by atoms with van der Waals surface area (Å²) in [6, 6.07) is 5.57. The summed E-state index contributed by atoms with van der Waals surface area (Å²) >= 11 is 0. The van der Waals surface area contributed by atoms with E-state index in [1.54, 1.807) is 12.3 Å². The molecule has 0 aliphatic carbocycles. The smallest absolute Gasteiger partial charge is 0.141 e. The molecule has 0 saturated carbocycles. The van der Waals surface area contributed by atoms with E-state index in [-0.39, 0.29) is 5.75 Å². The van der Waals surface area contributed by atoms with Gasteiger partial charge in [0.25, 0.3) is 0 Å². The molecular weight excluding hydrogens is 242 g/mol. The predicted molar refractivity (Wildman–Crippen MR) is 74.7 cm³/mol. The molecule has 100 valence electrons. The van der Waals surface area contributed by atoms with Gasteiger partial charge >= 0.3 is 0 Å². The van der Waals surface area contributed by atoms with E-state index in [4.69, 9.17) is 0 Å². The van der Waals surface area contributed by atoms with Crippen LogP contribution in [0, 0.1) is 0 Å². The zero-order valence-electron chi connectivity index (χ0n) is 11.1. The maximum absolute atomic E-state index is 10.0. The molecule has 0 amide bonds. The van der Waals surface area contributed by atoms with Gasteiger partial charge in [-0.1, -0.05) is 0 Å². The van der Waals surface area contributed by atoms with E-state index in [1.807, 2.05) is 12.1 Å². The Morgan fingerprint density at radius 1 is 1.26 bits per heavy atom. The lowest BCUT2D eigenvalue weighted by Gasteiger charge is -2.21. The van der Waals surface area contributed by atoms with Crippen molar-refractivity contribution in [2.24, 2.45) is 5.10 Å². The van der Waals surface area contributed by atoms with Gasteiger partial charge in [-0.3, -0.25) is 0 Å². The molecule has 0 bridgehead atoms. The van der Waals surface area contributed by atoms with E-state index in [0.717, 1.165) is 18.8 Å². The molecule has 6 nitrogen and oxygen atoms in total. The molecule has 1 heterocycles. The van der Waals surface area contributed by atoms with Crippen molar-refractivity contribution in [2.75, 3.05) is 18.0 Å². The number of phenolic OH excluding ortho intramolecular Hbond substituents is 1. The molecule has 2 aromatic rings. The molecule has 1 aromatic carbocycles. The standard InChI is InChI=1S/C13H17N5O/c1-3-17(4-2)12-6-5-11(13(19)7-12)8-16-18-9-14-15-10-18/h5-10,19H,3-4H2,1-2H3/b16-8-. The third-order valence-corrected chi connectivity index (χ3v) is 2.88. The van der Waals surface area contributed by atoms with E-state index in [0.29, 0.717) is 5.56 Å². The van der Waals surface area contributed by atoms with Crippen LogP contribution in [0.25, 0.3) is 0 Å². The highest BCUT2D eigenvalue weighted by Gasteiger charge is 2.05. The van der Waals surface area contributed by atoms with Crippen molar-refractivity contribution in [1.29, 1.82) is 0 Å². The maximum Gasteiger partial charge on any atom is 0.141 e. The molecule has 0 unspecified atom stereocenters. The number of aromatic nitrogens is 3. The Morgan fingerprint density at radius 2 is 1.95 bits per heavy atom. The highest BCUT2D eigenvalue weighted by atomic mass is 16.3. The summed E-state index contributed by atoms with van der Waals surface area (Å²) in [6.07, 6.45) is 4.54. The van der Waals surface area contributed by atoms with Crippen LogP contribution in [0.3, 0.4) is 0 Å². The van der Waals surface area contributed by atoms with Crippen molar-refractivity contribution in [3.63, 3.8) is 0 Å². The average Bonchev–Trinajstić information content (AvgIpc) is 2.92. The average molecular weight is 259 g/mol. The van der Waals surface area contributed by atoms with E-state index in [9.17, 15) is 5.11 Å². The molecule has 2 rings (SSSR count). The van der Waals surface area contributed by atoms with Gasteiger partial charge in [-0.05, 0) is 26.0 Å². The van der Waals surface area contributed by atoms with Gasteiger partial charge in [0.2, 0.25) is 0 Å². The molecule has 0 saturated heterocycles. The van der Waals surface area contributed by atoms with Crippen LogP contribution in [0.15, 0.2) is 36.0 Å². The molecule has 0 spiro atoms. The first-order valence-electron chi connectivity index (χ1n) is 6.21. The van der Waals surface area contributed by atoms with Crippen LogP contribution in [0.2, 0.25) is 0 Å². The normalized spacial score (nSPS) is 11.1. The third kappa shape index (κ3) is 3.09. The van der Waals surface area contributed by atoms with Crippen LogP contribution in [0.5, 0.6) is 5.75 Å². The number of aromatic hydroxyl groups is 1. The zero-order chi connectivity index (χ0) is 13.7. The minimum atomic E-state index is 0.209. The lowest BCUT2D eigenvalue weighted by Crippen LogP contribution is -2.21. The first-order valence-corrected chi connectivity index (χ1v) is 6.21. The van der Waals surface area contributed by atoms with Crippen LogP contribution in [0.1, 0.15) is 19.4 Å². The van der Waals surface area contributed by atoms with Crippen molar-refractivity contribution in [3.05, 3.63) is 36.4 Å². The van der Waals surface area contributed by atoms with Gasteiger partial charge in [0.05, 0.1) is 6.21 Å². The van der Waals surface area contributed by atoms with Gasteiger partial charge in [0.15, 0.2) is 0 Å². The third-order valence-electron chi connectivity index (χ3n) is 2.88. The van der Waals surface area contributed by atoms with Gasteiger partial charge in [-0.25, -0.2) is 4.68 Å². The van der Waals surface area contributed by atoms with Crippen molar-refractivity contribution >= 4 is 11.9 Å². The van der Waals surface area contributed by atoms with Gasteiger partial charge in [0.1, 0.15) is 18.4 Å². The van der Waals surface area contributed by atoms with Crippen LogP contribution in [-0.2, 0) is 0 Å². The van der Waals surface area contributed by atoms with Crippen LogP contribution < -0.4 is 4.90 Å². The summed E-state index contributed by atoms with van der Waals surface area (Å²) in [5.41, 5.74) is 1.66. The van der Waals surface area contributed by atoms with E-state index in [1.165, 1.54) is 17.3 Å². The largest absolute Gasteiger partial charge is 0.507 e. The second-order valence-corrected chi connectivity index (χ2v) is 4.00. The number of phenols is 1. The molecular formula is C13H17N5O. The number of hydrogen-bond donors (Lipinski definition) is 1. The SMILES string of the molecule is CCN(CC)c1ccc(/C=N\n2cnnc2)c(O)c1. The Labute approximate surface area is 112 Å². The fourth-order valence-corrected chi connectivity index (χ4v) is 1.81. The first-order chi connectivity index (χ1) is 9.24. The molecule has 1 N–H and O–H groups in total. The highest BCUT2D eigenvalue weighted by molar-refractivity contribution is 5.84. The molecule has 0 aliphatic rings. The molecule has 0 fully saturated rings. The Bertz CT molecular complexity index is 546. The van der Waals surface area contributed by atoms with Crippen molar-refractivity contribution in [3.8, 4) is 5.75 Å². The topological polar surface area (TPSA) is 66.5 Å². The number of anilines is 1. The molecule has 6 heteroatoms. The van der Waals surface area contributed by atoms with E-state index >= 15 is 0 Å². The Hall–Kier alpha value is -2.37. The monoisotopic (exact) mass is 259 g/mol. The maximum atomic E-state index is 10.0. The van der Waals surface area contributed by atoms with E-state index in [2.05, 4.69) is 34.0 Å². The van der Waals surface area contributed by atoms with Crippen LogP contribution in [-0.4, -0.2) is 39.3 Å². The van der Waals surface area contributed by atoms with Gasteiger partial charge in [-0.2, -0.15) is 5.10 Å². The predicted octanol–water partition coefficient (Wildman–Crippen LogP) is 1.71. The van der Waals surface area contributed by atoms with Gasteiger partial charge in [-0.15, -0.1) is 10.2 Å². The summed E-state index contributed by atoms with van der Waals surface area (Å²) in [5, 5.41) is 21.4. The number of nitrogens with zero attached hydrogens (tertiary/aromatic N) is 5. The van der Waals surface area contributed by atoms with Gasteiger partial charge in [0, 0.05) is 30.4 Å². The first kappa shape index (κ1) is 13.1. The zero-order valence-corrected chi connectivity index (χ0v) is 11.1. The van der Waals surface area contributed by atoms with E-state index < -0.39 is 0 Å². The molecule has 0 atom stereocenters. The highest BCUT2D eigenvalue weighted by Crippen LogP contribution is 2.23. The fraction of sp³-hybridized carbons (Fsp3) is 0.308. The summed E-state index contributed by atoms with van der Waals surface area (Å²) in [7, 11) is 0. The minimum absolute atomic E-state index is 0.209. The van der Waals surface area contributed by atoms with Gasteiger partial charge < -0.3 is 10.0 Å². The lowest BCUT2D eigenvalue weighted by atomic mass is 10.2. The number of rotatable bonds is 5. The second kappa shape index (κ2) is 5.99. The minimum Gasteiger partial charge on any atom is -0.507 e. The molecule has 0 aliphatic heterocycles. The van der Waals surface area contributed by atoms with Crippen LogP contribution in [0.4, 0.5) is 5.69 Å². The fourth-order valence-electron chi connectivity index (χ4n) is 1.81. The van der Waals surface area contributed by atoms with Crippen molar-refractivity contribution in [2.45, 2.75) is 13.8 Å². The van der Waals surface area contributed by atoms with Crippen LogP contribution >= 0.6 is 0 Å². The Balaban J connectivity index is 2.20. The summed E-state index contributed by atoms with van der Waals surface area (Å²) in [4.78, 5) is 2.17. The Morgan fingerprint density at radius 3 is 2.53 bits per heavy atom. The van der Waals surface area contributed by atoms with Crippen molar-refractivity contribution < 1.29 is 5.11 Å². The molecule has 1 aromatic heterocycles. The quantitative estimate of drug-likeness (QED) is 0.830. The summed E-state index contributed by atoms with van der Waals surface area (Å²) < 4.78 is 1.47. The summed E-state index contributed by atoms with van der Waals surface area (Å²) in [6.45, 7) is 5.98. The number of hydrogen-bond acceptors (Lipinski definition) is 5.